The fourth-order valence-electron chi connectivity index (χ4n) is 4.64. The zero-order chi connectivity index (χ0) is 27.0. The van der Waals surface area contributed by atoms with Crippen molar-refractivity contribution in [2.24, 2.45) is 0 Å². The maximum atomic E-state index is 13.6. The predicted octanol–water partition coefficient (Wildman–Crippen LogP) is 5.51. The van der Waals surface area contributed by atoms with Crippen LogP contribution in [-0.2, 0) is 16.0 Å². The van der Waals surface area contributed by atoms with Crippen LogP contribution in [0.2, 0.25) is 0 Å². The van der Waals surface area contributed by atoms with Gasteiger partial charge in [0.15, 0.2) is 16.6 Å². The van der Waals surface area contributed by atoms with Crippen molar-refractivity contribution in [1.29, 1.82) is 0 Å². The highest BCUT2D eigenvalue weighted by atomic mass is 32.1. The molecule has 1 amide bonds. The molecule has 1 aliphatic rings. The minimum Gasteiger partial charge on any atom is -0.507 e. The fraction of sp³-hybridized carbons (Fsp3) is 0.207. The lowest BCUT2D eigenvalue weighted by atomic mass is 9.95. The third-order valence-corrected chi connectivity index (χ3v) is 7.57. The molecule has 38 heavy (non-hydrogen) atoms. The summed E-state index contributed by atoms with van der Waals surface area (Å²) in [6.07, 6.45) is 0.857. The maximum Gasteiger partial charge on any atom is 0.301 e. The number of ether oxygens (including phenoxy) is 3. The van der Waals surface area contributed by atoms with Crippen molar-refractivity contribution in [3.8, 4) is 17.2 Å². The Kier molecular flexibility index (Phi) is 6.77. The number of Topliss-reactive ketones (excluding diaryl/α,β-unsaturated/α-hetero) is 1. The van der Waals surface area contributed by atoms with Crippen LogP contribution in [0.1, 0.15) is 29.7 Å². The van der Waals surface area contributed by atoms with Gasteiger partial charge in [0.25, 0.3) is 5.78 Å². The molecule has 1 atom stereocenters. The molecule has 0 aliphatic carbocycles. The number of carbonyl (C=O) groups is 2. The van der Waals surface area contributed by atoms with Gasteiger partial charge in [-0.25, -0.2) is 4.98 Å². The highest BCUT2D eigenvalue weighted by molar-refractivity contribution is 7.22. The van der Waals surface area contributed by atoms with Gasteiger partial charge in [0.1, 0.15) is 5.76 Å². The molecule has 1 N–H and O–H groups in total. The zero-order valence-corrected chi connectivity index (χ0v) is 22.2. The molecule has 0 unspecified atom stereocenters. The van der Waals surface area contributed by atoms with Crippen LogP contribution in [-0.4, -0.2) is 43.1 Å². The van der Waals surface area contributed by atoms with E-state index in [-0.39, 0.29) is 11.3 Å². The number of aryl methyl sites for hydroxylation is 1. The number of benzene rings is 3. The van der Waals surface area contributed by atoms with E-state index in [9.17, 15) is 14.7 Å². The highest BCUT2D eigenvalue weighted by Crippen LogP contribution is 2.48. The summed E-state index contributed by atoms with van der Waals surface area (Å²) in [6, 6.07) is 16.9. The summed E-state index contributed by atoms with van der Waals surface area (Å²) in [6.45, 7) is 2.07. The third kappa shape index (κ3) is 4.14. The average Bonchev–Trinajstić information content (AvgIpc) is 3.49. The van der Waals surface area contributed by atoms with E-state index in [0.717, 1.165) is 22.2 Å². The molecule has 4 aromatic rings. The normalized spacial score (nSPS) is 16.7. The lowest BCUT2D eigenvalue weighted by Crippen LogP contribution is -2.29. The van der Waals surface area contributed by atoms with Crippen molar-refractivity contribution in [2.75, 3.05) is 26.2 Å². The van der Waals surface area contributed by atoms with E-state index in [0.29, 0.717) is 33.5 Å². The van der Waals surface area contributed by atoms with Crippen molar-refractivity contribution in [3.63, 3.8) is 0 Å². The second-order valence-electron chi connectivity index (χ2n) is 8.65. The molecule has 0 radical (unpaired) electrons. The number of carbonyl (C=O) groups excluding carboxylic acids is 2. The molecule has 0 spiro atoms. The van der Waals surface area contributed by atoms with E-state index < -0.39 is 17.7 Å². The predicted molar refractivity (Wildman–Crippen MR) is 146 cm³/mol. The molecule has 3 aromatic carbocycles. The maximum absolute atomic E-state index is 13.6. The molecular formula is C29H26N2O6S. The topological polar surface area (TPSA) is 98.2 Å². The highest BCUT2D eigenvalue weighted by Gasteiger charge is 2.48. The van der Waals surface area contributed by atoms with Crippen LogP contribution < -0.4 is 19.1 Å². The second kappa shape index (κ2) is 10.2. The van der Waals surface area contributed by atoms with Gasteiger partial charge < -0.3 is 19.3 Å². The van der Waals surface area contributed by atoms with Crippen LogP contribution in [0.3, 0.4) is 0 Å². The molecule has 1 aliphatic heterocycles. The number of anilines is 1. The van der Waals surface area contributed by atoms with Crippen LogP contribution in [0.15, 0.2) is 66.2 Å². The Morgan fingerprint density at radius 2 is 1.66 bits per heavy atom. The summed E-state index contributed by atoms with van der Waals surface area (Å²) >= 11 is 1.32. The quantitative estimate of drug-likeness (QED) is 0.191. The van der Waals surface area contributed by atoms with Gasteiger partial charge in [-0.05, 0) is 41.8 Å². The first-order chi connectivity index (χ1) is 18.4. The molecule has 1 saturated heterocycles. The summed E-state index contributed by atoms with van der Waals surface area (Å²) in [4.78, 5) is 33.1. The minimum atomic E-state index is -0.991. The van der Waals surface area contributed by atoms with Gasteiger partial charge >= 0.3 is 5.91 Å². The SMILES string of the molecule is CCc1ccc2nc(N3C(=O)C(=O)/C(=C(/O)c4ccccc4)[C@@H]3c3cc(OC)c(OC)c(OC)c3)sc2c1. The lowest BCUT2D eigenvalue weighted by molar-refractivity contribution is -0.132. The Labute approximate surface area is 223 Å². The molecule has 1 aromatic heterocycles. The van der Waals surface area contributed by atoms with E-state index in [1.807, 2.05) is 18.2 Å². The first-order valence-electron chi connectivity index (χ1n) is 12.0. The summed E-state index contributed by atoms with van der Waals surface area (Å²) in [7, 11) is 4.47. The Morgan fingerprint density at radius 1 is 0.974 bits per heavy atom. The van der Waals surface area contributed by atoms with Crippen molar-refractivity contribution >= 4 is 44.1 Å². The van der Waals surface area contributed by atoms with E-state index in [1.54, 1.807) is 42.5 Å². The summed E-state index contributed by atoms with van der Waals surface area (Å²) in [5.41, 5.74) is 2.71. The third-order valence-electron chi connectivity index (χ3n) is 6.55. The Hall–Kier alpha value is -4.37. The van der Waals surface area contributed by atoms with Gasteiger partial charge in [-0.3, -0.25) is 14.5 Å². The smallest absolute Gasteiger partial charge is 0.301 e. The van der Waals surface area contributed by atoms with Gasteiger partial charge in [-0.1, -0.05) is 54.7 Å². The molecule has 2 heterocycles. The van der Waals surface area contributed by atoms with Crippen LogP contribution >= 0.6 is 11.3 Å². The van der Waals surface area contributed by atoms with Gasteiger partial charge in [0, 0.05) is 5.56 Å². The van der Waals surface area contributed by atoms with E-state index >= 15 is 0 Å². The van der Waals surface area contributed by atoms with Crippen molar-refractivity contribution in [1.82, 2.24) is 4.98 Å². The Bertz CT molecular complexity index is 1550. The summed E-state index contributed by atoms with van der Waals surface area (Å²) in [5.74, 6) is -0.798. The molecule has 8 nitrogen and oxygen atoms in total. The van der Waals surface area contributed by atoms with Crippen LogP contribution in [0.4, 0.5) is 5.13 Å². The average molecular weight is 531 g/mol. The number of amides is 1. The van der Waals surface area contributed by atoms with Gasteiger partial charge in [-0.2, -0.15) is 0 Å². The van der Waals surface area contributed by atoms with E-state index in [4.69, 9.17) is 19.2 Å². The molecule has 194 valence electrons. The molecule has 0 saturated carbocycles. The first-order valence-corrected chi connectivity index (χ1v) is 12.8. The van der Waals surface area contributed by atoms with Crippen LogP contribution in [0, 0.1) is 0 Å². The standard InChI is InChI=1S/C29H26N2O6S/c1-5-16-11-12-19-22(13-16)38-29(30-19)31-24(18-14-20(35-2)27(37-4)21(15-18)36-3)23(26(33)28(31)34)25(32)17-9-7-6-8-10-17/h6-15,24,32H,5H2,1-4H3/b25-23+/t24-/m0/s1. The number of hydrogen-bond acceptors (Lipinski definition) is 8. The number of ketones is 1. The van der Waals surface area contributed by atoms with Crippen LogP contribution in [0.5, 0.6) is 17.2 Å². The van der Waals surface area contributed by atoms with Crippen molar-refractivity contribution < 1.29 is 28.9 Å². The van der Waals surface area contributed by atoms with Crippen molar-refractivity contribution in [3.05, 3.63) is 82.9 Å². The lowest BCUT2D eigenvalue weighted by Gasteiger charge is -2.24. The number of aliphatic hydroxyl groups is 1. The Balaban J connectivity index is 1.77. The monoisotopic (exact) mass is 530 g/mol. The largest absolute Gasteiger partial charge is 0.507 e. The number of thiazole rings is 1. The van der Waals surface area contributed by atoms with E-state index in [1.165, 1.54) is 37.6 Å². The number of aliphatic hydroxyl groups excluding tert-OH is 1. The van der Waals surface area contributed by atoms with Gasteiger partial charge in [0.05, 0.1) is 43.2 Å². The molecule has 1 fully saturated rings. The van der Waals surface area contributed by atoms with Crippen molar-refractivity contribution in [2.45, 2.75) is 19.4 Å². The number of fused-ring (bicyclic) bond motifs is 1. The molecular weight excluding hydrogens is 504 g/mol. The molecule has 0 bridgehead atoms. The number of nitrogens with zero attached hydrogens (tertiary/aromatic N) is 2. The summed E-state index contributed by atoms with van der Waals surface area (Å²) < 4.78 is 17.4. The van der Waals surface area contributed by atoms with Crippen LogP contribution in [0.25, 0.3) is 16.0 Å². The number of hydrogen-bond donors (Lipinski definition) is 1. The number of rotatable bonds is 7. The number of methoxy groups -OCH3 is 3. The summed E-state index contributed by atoms with van der Waals surface area (Å²) in [5, 5.41) is 11.7. The van der Waals surface area contributed by atoms with E-state index in [2.05, 4.69) is 6.92 Å². The Morgan fingerprint density at radius 3 is 2.26 bits per heavy atom. The molecule has 5 rings (SSSR count). The fourth-order valence-corrected chi connectivity index (χ4v) is 5.69. The van der Waals surface area contributed by atoms with Gasteiger partial charge in [0.2, 0.25) is 5.75 Å². The van der Waals surface area contributed by atoms with Gasteiger partial charge in [-0.15, -0.1) is 0 Å². The second-order valence-corrected chi connectivity index (χ2v) is 9.65. The zero-order valence-electron chi connectivity index (χ0n) is 21.3. The minimum absolute atomic E-state index is 0.0519. The number of aromatic nitrogens is 1. The molecule has 9 heteroatoms. The first kappa shape index (κ1) is 25.3.